The van der Waals surface area contributed by atoms with Crippen LogP contribution in [0.2, 0.25) is 0 Å². The van der Waals surface area contributed by atoms with Gasteiger partial charge >= 0.3 is 5.97 Å². The van der Waals surface area contributed by atoms with E-state index in [4.69, 9.17) is 5.11 Å². The molecule has 0 bridgehead atoms. The van der Waals surface area contributed by atoms with Crippen LogP contribution >= 0.6 is 0 Å². The number of carboxylic acids is 1. The number of carboxylic acid groups (broad SMARTS) is 1. The number of carbonyl (C=O) groups is 1. The SMILES string of the molecule is COc1nc(C)c(C(F)F)cc1C(=O)O. The molecule has 4 nitrogen and oxygen atoms in total. The Bertz CT molecular complexity index is 393. The van der Waals surface area contributed by atoms with E-state index < -0.39 is 18.0 Å². The lowest BCUT2D eigenvalue weighted by Crippen LogP contribution is -2.06. The topological polar surface area (TPSA) is 59.4 Å². The van der Waals surface area contributed by atoms with Crippen LogP contribution in [0.25, 0.3) is 0 Å². The van der Waals surface area contributed by atoms with Crippen molar-refractivity contribution in [3.8, 4) is 5.88 Å². The van der Waals surface area contributed by atoms with Gasteiger partial charge in [0.2, 0.25) is 5.88 Å². The van der Waals surface area contributed by atoms with Gasteiger partial charge in [-0.3, -0.25) is 0 Å². The predicted octanol–water partition coefficient (Wildman–Crippen LogP) is 2.03. The van der Waals surface area contributed by atoms with Crippen LogP contribution in [-0.2, 0) is 0 Å². The number of hydrogen-bond donors (Lipinski definition) is 1. The van der Waals surface area contributed by atoms with E-state index in [2.05, 4.69) is 9.72 Å². The number of pyridine rings is 1. The Kier molecular flexibility index (Phi) is 3.18. The minimum absolute atomic E-state index is 0.0619. The Morgan fingerprint density at radius 2 is 2.20 bits per heavy atom. The molecular formula is C9H9F2NO3. The number of alkyl halides is 2. The maximum Gasteiger partial charge on any atom is 0.341 e. The van der Waals surface area contributed by atoms with Gasteiger partial charge in [0, 0.05) is 5.56 Å². The molecule has 0 aliphatic heterocycles. The zero-order valence-electron chi connectivity index (χ0n) is 8.12. The van der Waals surface area contributed by atoms with E-state index in [1.165, 1.54) is 14.0 Å². The van der Waals surface area contributed by atoms with Crippen molar-refractivity contribution < 1.29 is 23.4 Å². The highest BCUT2D eigenvalue weighted by atomic mass is 19.3. The molecule has 6 heteroatoms. The third-order valence-corrected chi connectivity index (χ3v) is 1.88. The summed E-state index contributed by atoms with van der Waals surface area (Å²) in [7, 11) is 1.23. The van der Waals surface area contributed by atoms with E-state index in [1.807, 2.05) is 0 Å². The summed E-state index contributed by atoms with van der Waals surface area (Å²) in [5.74, 6) is -1.51. The molecule has 0 atom stereocenters. The highest BCUT2D eigenvalue weighted by Gasteiger charge is 2.19. The van der Waals surface area contributed by atoms with Crippen LogP contribution in [-0.4, -0.2) is 23.2 Å². The molecule has 0 radical (unpaired) electrons. The second-order valence-electron chi connectivity index (χ2n) is 2.83. The number of nitrogens with zero attached hydrogens (tertiary/aromatic N) is 1. The van der Waals surface area contributed by atoms with Gasteiger partial charge in [-0.05, 0) is 13.0 Å². The summed E-state index contributed by atoms with van der Waals surface area (Å²) in [6.07, 6.45) is -2.75. The van der Waals surface area contributed by atoms with Gasteiger partial charge in [0.25, 0.3) is 6.43 Å². The number of aryl methyl sites for hydroxylation is 1. The first-order valence-corrected chi connectivity index (χ1v) is 4.04. The Morgan fingerprint density at radius 3 is 2.60 bits per heavy atom. The lowest BCUT2D eigenvalue weighted by Gasteiger charge is -2.09. The van der Waals surface area contributed by atoms with Crippen LogP contribution < -0.4 is 4.74 Å². The van der Waals surface area contributed by atoms with E-state index in [0.29, 0.717) is 0 Å². The largest absolute Gasteiger partial charge is 0.480 e. The summed E-state index contributed by atoms with van der Waals surface area (Å²) in [6.45, 7) is 1.37. The average molecular weight is 217 g/mol. The molecule has 0 saturated heterocycles. The monoisotopic (exact) mass is 217 g/mol. The van der Waals surface area contributed by atoms with E-state index in [-0.39, 0.29) is 17.1 Å². The van der Waals surface area contributed by atoms with Gasteiger partial charge in [0.15, 0.2) is 0 Å². The van der Waals surface area contributed by atoms with Crippen LogP contribution in [0.1, 0.15) is 28.0 Å². The van der Waals surface area contributed by atoms with E-state index in [9.17, 15) is 13.6 Å². The second kappa shape index (κ2) is 4.20. The molecule has 1 aromatic rings. The number of halogens is 2. The Hall–Kier alpha value is -1.72. The fraction of sp³-hybridized carbons (Fsp3) is 0.333. The number of aromatic nitrogens is 1. The summed E-state index contributed by atoms with van der Waals surface area (Å²) >= 11 is 0. The van der Waals surface area contributed by atoms with Gasteiger partial charge in [0.1, 0.15) is 5.56 Å². The molecular weight excluding hydrogens is 208 g/mol. The van der Waals surface area contributed by atoms with Crippen LogP contribution in [0.4, 0.5) is 8.78 Å². The third kappa shape index (κ3) is 2.20. The molecule has 82 valence electrons. The van der Waals surface area contributed by atoms with Crippen molar-refractivity contribution in [1.29, 1.82) is 0 Å². The molecule has 0 saturated carbocycles. The molecule has 1 aromatic heterocycles. The zero-order chi connectivity index (χ0) is 11.6. The Morgan fingerprint density at radius 1 is 1.60 bits per heavy atom. The van der Waals surface area contributed by atoms with Crippen molar-refractivity contribution in [1.82, 2.24) is 4.98 Å². The smallest absolute Gasteiger partial charge is 0.341 e. The molecule has 15 heavy (non-hydrogen) atoms. The number of hydrogen-bond acceptors (Lipinski definition) is 3. The first-order valence-electron chi connectivity index (χ1n) is 4.04. The first kappa shape index (κ1) is 11.4. The normalized spacial score (nSPS) is 10.5. The number of rotatable bonds is 3. The predicted molar refractivity (Wildman–Crippen MR) is 47.4 cm³/mol. The zero-order valence-corrected chi connectivity index (χ0v) is 8.12. The molecule has 1 heterocycles. The third-order valence-electron chi connectivity index (χ3n) is 1.88. The number of aromatic carboxylic acids is 1. The molecule has 0 aliphatic rings. The average Bonchev–Trinajstić information content (AvgIpc) is 2.16. The van der Waals surface area contributed by atoms with Gasteiger partial charge in [-0.15, -0.1) is 0 Å². The van der Waals surface area contributed by atoms with Crippen molar-refractivity contribution >= 4 is 5.97 Å². The lowest BCUT2D eigenvalue weighted by molar-refractivity contribution is 0.0691. The summed E-state index contributed by atoms with van der Waals surface area (Å²) < 4.78 is 29.6. The van der Waals surface area contributed by atoms with Crippen LogP contribution in [0.5, 0.6) is 5.88 Å². The van der Waals surface area contributed by atoms with E-state index in [0.717, 1.165) is 6.07 Å². The standard InChI is InChI=1S/C9H9F2NO3/c1-4-5(7(10)11)3-6(9(13)14)8(12-4)15-2/h3,7H,1-2H3,(H,13,14). The molecule has 0 aromatic carbocycles. The van der Waals surface area contributed by atoms with Crippen LogP contribution in [0.3, 0.4) is 0 Å². The highest BCUT2D eigenvalue weighted by molar-refractivity contribution is 5.90. The quantitative estimate of drug-likeness (QED) is 0.841. The van der Waals surface area contributed by atoms with Crippen molar-refractivity contribution in [2.75, 3.05) is 7.11 Å². The maximum absolute atomic E-state index is 12.4. The van der Waals surface area contributed by atoms with Crippen LogP contribution in [0.15, 0.2) is 6.07 Å². The van der Waals surface area contributed by atoms with Gasteiger partial charge in [-0.2, -0.15) is 0 Å². The summed E-state index contributed by atoms with van der Waals surface area (Å²) in [5.41, 5.74) is -0.696. The van der Waals surface area contributed by atoms with Gasteiger partial charge in [0.05, 0.1) is 12.8 Å². The minimum atomic E-state index is -2.75. The van der Waals surface area contributed by atoms with Crippen molar-refractivity contribution in [3.63, 3.8) is 0 Å². The first-order chi connectivity index (χ1) is 6.97. The molecule has 0 spiro atoms. The molecule has 0 unspecified atom stereocenters. The second-order valence-corrected chi connectivity index (χ2v) is 2.83. The minimum Gasteiger partial charge on any atom is -0.480 e. The van der Waals surface area contributed by atoms with Crippen molar-refractivity contribution in [3.05, 3.63) is 22.9 Å². The Balaban J connectivity index is 3.37. The molecule has 0 fully saturated rings. The molecule has 1 rings (SSSR count). The maximum atomic E-state index is 12.4. The van der Waals surface area contributed by atoms with Gasteiger partial charge in [-0.1, -0.05) is 0 Å². The summed E-state index contributed by atoms with van der Waals surface area (Å²) in [6, 6.07) is 0.883. The fourth-order valence-electron chi connectivity index (χ4n) is 1.13. The molecule has 0 aliphatic carbocycles. The van der Waals surface area contributed by atoms with Gasteiger partial charge < -0.3 is 9.84 Å². The summed E-state index contributed by atoms with van der Waals surface area (Å²) in [5, 5.41) is 8.73. The highest BCUT2D eigenvalue weighted by Crippen LogP contribution is 2.26. The Labute approximate surface area is 84.5 Å². The fourth-order valence-corrected chi connectivity index (χ4v) is 1.13. The summed E-state index contributed by atoms with van der Waals surface area (Å²) in [4.78, 5) is 14.4. The lowest BCUT2D eigenvalue weighted by atomic mass is 10.1. The molecule has 0 amide bonds. The van der Waals surface area contributed by atoms with Crippen LogP contribution in [0, 0.1) is 6.92 Å². The molecule has 1 N–H and O–H groups in total. The van der Waals surface area contributed by atoms with Gasteiger partial charge in [-0.25, -0.2) is 18.6 Å². The number of methoxy groups -OCH3 is 1. The number of ether oxygens (including phenoxy) is 1. The van der Waals surface area contributed by atoms with E-state index >= 15 is 0 Å². The van der Waals surface area contributed by atoms with Crippen molar-refractivity contribution in [2.24, 2.45) is 0 Å². The van der Waals surface area contributed by atoms with Crippen molar-refractivity contribution in [2.45, 2.75) is 13.3 Å². The van der Waals surface area contributed by atoms with E-state index in [1.54, 1.807) is 0 Å².